The smallest absolute Gasteiger partial charge is 0.334 e. The zero-order chi connectivity index (χ0) is 19.0. The van der Waals surface area contributed by atoms with E-state index in [1.807, 2.05) is 13.0 Å². The molecule has 6 atom stereocenters. The maximum Gasteiger partial charge on any atom is 0.334 e. The summed E-state index contributed by atoms with van der Waals surface area (Å²) in [7, 11) is 0. The molecule has 0 aromatic rings. The summed E-state index contributed by atoms with van der Waals surface area (Å²) in [6.07, 6.45) is 5.54. The molecule has 0 aromatic carbocycles. The van der Waals surface area contributed by atoms with Crippen molar-refractivity contribution in [2.24, 2.45) is 5.41 Å². The van der Waals surface area contributed by atoms with Gasteiger partial charge in [-0.1, -0.05) is 6.08 Å². The van der Waals surface area contributed by atoms with Crippen molar-refractivity contribution < 1.29 is 33.6 Å². The van der Waals surface area contributed by atoms with E-state index in [1.165, 1.54) is 6.08 Å². The van der Waals surface area contributed by atoms with Crippen LogP contribution in [0.2, 0.25) is 0 Å². The van der Waals surface area contributed by atoms with E-state index in [9.17, 15) is 14.7 Å². The number of ether oxygens (including phenoxy) is 4. The van der Waals surface area contributed by atoms with Gasteiger partial charge in [0.15, 0.2) is 0 Å². The minimum atomic E-state index is -1.26. The third kappa shape index (κ3) is 2.28. The number of hydrogen-bond acceptors (Lipinski definition) is 7. The van der Waals surface area contributed by atoms with Crippen LogP contribution in [-0.2, 0) is 28.5 Å². The Bertz CT molecular complexity index is 824. The van der Waals surface area contributed by atoms with Gasteiger partial charge in [0, 0.05) is 30.1 Å². The summed E-state index contributed by atoms with van der Waals surface area (Å²) in [5.41, 5.74) is 1.06. The monoisotopic (exact) mass is 374 g/mol. The van der Waals surface area contributed by atoms with E-state index in [4.69, 9.17) is 18.9 Å². The van der Waals surface area contributed by atoms with Crippen molar-refractivity contribution in [3.05, 3.63) is 35.1 Å². The van der Waals surface area contributed by atoms with E-state index in [0.29, 0.717) is 18.4 Å². The molecule has 2 saturated heterocycles. The van der Waals surface area contributed by atoms with Gasteiger partial charge in [0.2, 0.25) is 6.29 Å². The highest BCUT2D eigenvalue weighted by molar-refractivity contribution is 5.93. The van der Waals surface area contributed by atoms with Crippen LogP contribution in [0.25, 0.3) is 0 Å². The first-order valence-corrected chi connectivity index (χ1v) is 9.36. The van der Waals surface area contributed by atoms with Crippen LogP contribution in [0.5, 0.6) is 0 Å². The molecule has 0 radical (unpaired) electrons. The zero-order valence-corrected chi connectivity index (χ0v) is 15.3. The number of aliphatic hydroxyl groups is 1. The third-order valence-electron chi connectivity index (χ3n) is 6.77. The maximum absolute atomic E-state index is 12.3. The lowest BCUT2D eigenvalue weighted by molar-refractivity contribution is -0.190. The fourth-order valence-electron chi connectivity index (χ4n) is 5.10. The molecule has 0 spiro atoms. The van der Waals surface area contributed by atoms with Crippen LogP contribution in [0.3, 0.4) is 0 Å². The highest BCUT2D eigenvalue weighted by Crippen LogP contribution is 2.57. The quantitative estimate of drug-likeness (QED) is 0.735. The SMILES string of the molecule is CC1(C2=COC(C3=CC(=O)OC3O)C2)CC2OC(=O)C3=CCCC(O1)C32C. The van der Waals surface area contributed by atoms with Crippen LogP contribution < -0.4 is 0 Å². The first kappa shape index (κ1) is 17.0. The van der Waals surface area contributed by atoms with Gasteiger partial charge in [-0.2, -0.15) is 0 Å². The number of cyclic esters (lactones) is 1. The van der Waals surface area contributed by atoms with E-state index >= 15 is 0 Å². The summed E-state index contributed by atoms with van der Waals surface area (Å²) in [5.74, 6) is -0.797. The second-order valence-corrected chi connectivity index (χ2v) is 8.32. The number of aliphatic hydroxyl groups excluding tert-OH is 1. The third-order valence-corrected chi connectivity index (χ3v) is 6.77. The van der Waals surface area contributed by atoms with Crippen molar-refractivity contribution in [3.8, 4) is 0 Å². The normalized spacial score (nSPS) is 45.4. The molecule has 1 aliphatic carbocycles. The highest BCUT2D eigenvalue weighted by atomic mass is 16.6. The Morgan fingerprint density at radius 3 is 2.74 bits per heavy atom. The molecule has 0 bridgehead atoms. The number of carbonyl (C=O) groups excluding carboxylic acids is 2. The van der Waals surface area contributed by atoms with Crippen molar-refractivity contribution in [1.29, 1.82) is 0 Å². The minimum Gasteiger partial charge on any atom is -0.493 e. The van der Waals surface area contributed by atoms with E-state index in [0.717, 1.165) is 24.0 Å². The Hall–Kier alpha value is -2.12. The number of esters is 2. The Kier molecular flexibility index (Phi) is 3.44. The van der Waals surface area contributed by atoms with Crippen molar-refractivity contribution >= 4 is 11.9 Å². The molecule has 7 heteroatoms. The van der Waals surface area contributed by atoms with Crippen molar-refractivity contribution in [1.82, 2.24) is 0 Å². The van der Waals surface area contributed by atoms with Gasteiger partial charge < -0.3 is 24.1 Å². The second-order valence-electron chi connectivity index (χ2n) is 8.32. The summed E-state index contributed by atoms with van der Waals surface area (Å²) < 4.78 is 22.8. The largest absolute Gasteiger partial charge is 0.493 e. The summed E-state index contributed by atoms with van der Waals surface area (Å²) in [6.45, 7) is 4.05. The van der Waals surface area contributed by atoms with Crippen LogP contribution in [0.15, 0.2) is 35.1 Å². The number of carbonyl (C=O) groups is 2. The molecule has 7 nitrogen and oxygen atoms in total. The number of hydrogen-bond donors (Lipinski definition) is 1. The van der Waals surface area contributed by atoms with E-state index in [-0.39, 0.29) is 18.2 Å². The lowest BCUT2D eigenvalue weighted by Crippen LogP contribution is -2.56. The zero-order valence-electron chi connectivity index (χ0n) is 15.3. The molecule has 1 N–H and O–H groups in total. The number of allylic oxidation sites excluding steroid dienone is 1. The van der Waals surface area contributed by atoms with Gasteiger partial charge in [0.25, 0.3) is 0 Å². The topological polar surface area (TPSA) is 91.3 Å². The minimum absolute atomic E-state index is 0.103. The van der Waals surface area contributed by atoms with Gasteiger partial charge in [0.05, 0.1) is 23.4 Å². The summed E-state index contributed by atoms with van der Waals surface area (Å²) >= 11 is 0. The second kappa shape index (κ2) is 5.45. The molecule has 27 heavy (non-hydrogen) atoms. The molecule has 4 heterocycles. The first-order chi connectivity index (χ1) is 12.8. The predicted molar refractivity (Wildman–Crippen MR) is 91.0 cm³/mol. The Balaban J connectivity index is 1.39. The molecule has 5 aliphatic rings. The molecular formula is C20H22O7. The lowest BCUT2D eigenvalue weighted by Gasteiger charge is -2.51. The molecule has 0 aromatic heterocycles. The van der Waals surface area contributed by atoms with Crippen LogP contribution in [0, 0.1) is 5.41 Å². The summed E-state index contributed by atoms with van der Waals surface area (Å²) in [4.78, 5) is 23.7. The summed E-state index contributed by atoms with van der Waals surface area (Å²) in [5, 5.41) is 9.87. The Morgan fingerprint density at radius 1 is 1.19 bits per heavy atom. The van der Waals surface area contributed by atoms with Crippen LogP contribution in [0.4, 0.5) is 0 Å². The van der Waals surface area contributed by atoms with Gasteiger partial charge >= 0.3 is 11.9 Å². The highest BCUT2D eigenvalue weighted by Gasteiger charge is 2.62. The van der Waals surface area contributed by atoms with E-state index < -0.39 is 29.4 Å². The van der Waals surface area contributed by atoms with Crippen molar-refractivity contribution in [2.45, 2.75) is 69.7 Å². The molecule has 4 aliphatic heterocycles. The average molecular weight is 374 g/mol. The maximum atomic E-state index is 12.3. The Labute approximate surface area is 156 Å². The molecule has 0 saturated carbocycles. The van der Waals surface area contributed by atoms with Gasteiger partial charge in [0.1, 0.15) is 12.2 Å². The van der Waals surface area contributed by atoms with Gasteiger partial charge in [-0.05, 0) is 32.3 Å². The van der Waals surface area contributed by atoms with Gasteiger partial charge in [-0.25, -0.2) is 9.59 Å². The molecule has 5 rings (SSSR count). The standard InChI is InChI=1S/C20H22O7/c1-19(10-6-13(24-9-10)11-7-16(21)26-17(11)22)8-15-20(2)12(18(23)25-15)4-3-5-14(20)27-19/h4,7,9,13-15,17,22H,3,5-6,8H2,1-2H3. The Morgan fingerprint density at radius 2 is 2.00 bits per heavy atom. The lowest BCUT2D eigenvalue weighted by atomic mass is 9.64. The van der Waals surface area contributed by atoms with Crippen LogP contribution in [-0.4, -0.2) is 47.2 Å². The average Bonchev–Trinajstić information content (AvgIpc) is 3.27. The molecule has 144 valence electrons. The van der Waals surface area contributed by atoms with Crippen LogP contribution in [0.1, 0.15) is 39.5 Å². The molecule has 6 unspecified atom stereocenters. The van der Waals surface area contributed by atoms with Crippen molar-refractivity contribution in [3.63, 3.8) is 0 Å². The van der Waals surface area contributed by atoms with Gasteiger partial charge in [-0.15, -0.1) is 0 Å². The molecular weight excluding hydrogens is 352 g/mol. The molecule has 0 amide bonds. The predicted octanol–water partition coefficient (Wildman–Crippen LogP) is 1.66. The van der Waals surface area contributed by atoms with Crippen molar-refractivity contribution in [2.75, 3.05) is 0 Å². The summed E-state index contributed by atoms with van der Waals surface area (Å²) in [6, 6.07) is 0. The fraction of sp³-hybridized carbons (Fsp3) is 0.600. The first-order valence-electron chi connectivity index (χ1n) is 9.36. The molecule has 2 fully saturated rings. The van der Waals surface area contributed by atoms with Gasteiger partial charge in [-0.3, -0.25) is 0 Å². The van der Waals surface area contributed by atoms with Crippen LogP contribution >= 0.6 is 0 Å². The fourth-order valence-corrected chi connectivity index (χ4v) is 5.10. The number of rotatable bonds is 2. The van der Waals surface area contributed by atoms with E-state index in [2.05, 4.69) is 6.92 Å². The van der Waals surface area contributed by atoms with E-state index in [1.54, 1.807) is 6.26 Å².